The average Bonchev–Trinajstić information content (AvgIpc) is 2.14. The number of hydrogen-bond donors (Lipinski definition) is 1. The van der Waals surface area contributed by atoms with Gasteiger partial charge in [-0.1, -0.05) is 35.8 Å². The smallest absolute Gasteiger partial charge is 0.128 e. The number of rotatable bonds is 5. The summed E-state index contributed by atoms with van der Waals surface area (Å²) in [5, 5.41) is 3.24. The molecule has 0 unspecified atom stereocenters. The molecule has 0 fully saturated rings. The number of benzene rings is 1. The first-order valence-corrected chi connectivity index (χ1v) is 6.03. The zero-order chi connectivity index (χ0) is 11.3. The minimum Gasteiger partial charge on any atom is -0.313 e. The predicted molar refractivity (Wildman–Crippen MR) is 65.3 cm³/mol. The molecule has 0 amide bonds. The molecular formula is C12H17BrFN. The highest BCUT2D eigenvalue weighted by Gasteiger charge is 2.02. The van der Waals surface area contributed by atoms with Crippen LogP contribution in [0.5, 0.6) is 0 Å². The van der Waals surface area contributed by atoms with Crippen LogP contribution < -0.4 is 5.32 Å². The molecule has 0 radical (unpaired) electrons. The van der Waals surface area contributed by atoms with Crippen molar-refractivity contribution in [1.29, 1.82) is 0 Å². The molecule has 0 aliphatic heterocycles. The van der Waals surface area contributed by atoms with Crippen LogP contribution in [0.3, 0.4) is 0 Å². The minimum absolute atomic E-state index is 0.151. The summed E-state index contributed by atoms with van der Waals surface area (Å²) >= 11 is 3.24. The van der Waals surface area contributed by atoms with Crippen molar-refractivity contribution >= 4 is 15.9 Å². The third kappa shape index (κ3) is 4.76. The van der Waals surface area contributed by atoms with Gasteiger partial charge in [0, 0.05) is 16.6 Å². The quantitative estimate of drug-likeness (QED) is 0.807. The number of nitrogens with one attached hydrogen (secondary N) is 1. The standard InChI is InChI=1S/C12H17BrFN/c1-9(2)5-6-15-8-10-3-4-11(13)7-12(10)14/h3-4,7,9,15H,5-6,8H2,1-2H3. The SMILES string of the molecule is CC(C)CCNCc1ccc(Br)cc1F. The second-order valence-corrected chi connectivity index (χ2v) is 5.01. The van der Waals surface area contributed by atoms with Crippen molar-refractivity contribution in [3.8, 4) is 0 Å². The highest BCUT2D eigenvalue weighted by Crippen LogP contribution is 2.15. The molecule has 15 heavy (non-hydrogen) atoms. The van der Waals surface area contributed by atoms with Gasteiger partial charge in [-0.15, -0.1) is 0 Å². The fourth-order valence-electron chi connectivity index (χ4n) is 1.28. The van der Waals surface area contributed by atoms with Gasteiger partial charge in [-0.05, 0) is 31.0 Å². The third-order valence-electron chi connectivity index (χ3n) is 2.23. The fraction of sp³-hybridized carbons (Fsp3) is 0.500. The second kappa shape index (κ2) is 6.23. The Hall–Kier alpha value is -0.410. The Kier molecular flexibility index (Phi) is 5.26. The first-order valence-electron chi connectivity index (χ1n) is 5.24. The number of halogens is 2. The first-order chi connectivity index (χ1) is 7.09. The van der Waals surface area contributed by atoms with E-state index in [1.54, 1.807) is 0 Å². The van der Waals surface area contributed by atoms with Crippen molar-refractivity contribution in [3.05, 3.63) is 34.1 Å². The van der Waals surface area contributed by atoms with E-state index < -0.39 is 0 Å². The summed E-state index contributed by atoms with van der Waals surface area (Å²) in [6.07, 6.45) is 1.12. The lowest BCUT2D eigenvalue weighted by Gasteiger charge is -2.07. The molecule has 0 aliphatic rings. The Labute approximate surface area is 99.2 Å². The van der Waals surface area contributed by atoms with Crippen LogP contribution >= 0.6 is 15.9 Å². The van der Waals surface area contributed by atoms with Crippen molar-refractivity contribution in [2.45, 2.75) is 26.8 Å². The Morgan fingerprint density at radius 3 is 2.73 bits per heavy atom. The highest BCUT2D eigenvalue weighted by atomic mass is 79.9. The maximum Gasteiger partial charge on any atom is 0.128 e. The summed E-state index contributed by atoms with van der Waals surface area (Å²) in [5.74, 6) is 0.536. The molecule has 1 nitrogen and oxygen atoms in total. The van der Waals surface area contributed by atoms with Crippen LogP contribution in [0, 0.1) is 11.7 Å². The lowest BCUT2D eigenvalue weighted by Crippen LogP contribution is -2.17. The van der Waals surface area contributed by atoms with Crippen molar-refractivity contribution in [2.24, 2.45) is 5.92 Å². The summed E-state index contributed by atoms with van der Waals surface area (Å²) in [6.45, 7) is 5.91. The van der Waals surface area contributed by atoms with E-state index in [4.69, 9.17) is 0 Å². The van der Waals surface area contributed by atoms with E-state index in [9.17, 15) is 4.39 Å². The van der Waals surface area contributed by atoms with Crippen LogP contribution in [0.15, 0.2) is 22.7 Å². The van der Waals surface area contributed by atoms with Crippen LogP contribution in [-0.2, 0) is 6.54 Å². The zero-order valence-electron chi connectivity index (χ0n) is 9.19. The van der Waals surface area contributed by atoms with Crippen molar-refractivity contribution in [3.63, 3.8) is 0 Å². The molecule has 1 aromatic rings. The van der Waals surface area contributed by atoms with E-state index in [2.05, 4.69) is 35.1 Å². The molecule has 1 rings (SSSR count). The van der Waals surface area contributed by atoms with Gasteiger partial charge in [-0.25, -0.2) is 4.39 Å². The van der Waals surface area contributed by atoms with E-state index in [-0.39, 0.29) is 5.82 Å². The molecule has 0 saturated heterocycles. The van der Waals surface area contributed by atoms with E-state index in [0.717, 1.165) is 23.0 Å². The van der Waals surface area contributed by atoms with E-state index in [1.807, 2.05) is 12.1 Å². The predicted octanol–water partition coefficient (Wildman–Crippen LogP) is 3.72. The van der Waals surface area contributed by atoms with Gasteiger partial charge in [-0.2, -0.15) is 0 Å². The molecule has 0 aromatic heterocycles. The molecule has 0 saturated carbocycles. The minimum atomic E-state index is -0.151. The molecule has 0 atom stereocenters. The molecule has 1 aromatic carbocycles. The van der Waals surface area contributed by atoms with Gasteiger partial charge in [0.05, 0.1) is 0 Å². The molecule has 0 bridgehead atoms. The summed E-state index contributed by atoms with van der Waals surface area (Å²) < 4.78 is 14.1. The van der Waals surface area contributed by atoms with Crippen molar-refractivity contribution in [1.82, 2.24) is 5.32 Å². The lowest BCUT2D eigenvalue weighted by atomic mass is 10.1. The number of hydrogen-bond acceptors (Lipinski definition) is 1. The van der Waals surface area contributed by atoms with E-state index in [1.165, 1.54) is 6.07 Å². The fourth-order valence-corrected chi connectivity index (χ4v) is 1.61. The second-order valence-electron chi connectivity index (χ2n) is 4.10. The summed E-state index contributed by atoms with van der Waals surface area (Å²) in [4.78, 5) is 0. The highest BCUT2D eigenvalue weighted by molar-refractivity contribution is 9.10. The van der Waals surface area contributed by atoms with Crippen LogP contribution in [0.4, 0.5) is 4.39 Å². The summed E-state index contributed by atoms with van der Waals surface area (Å²) in [5.41, 5.74) is 0.724. The Morgan fingerprint density at radius 1 is 1.40 bits per heavy atom. The Bertz CT molecular complexity index is 312. The molecule has 0 spiro atoms. The van der Waals surface area contributed by atoms with Gasteiger partial charge in [0.15, 0.2) is 0 Å². The van der Waals surface area contributed by atoms with Crippen LogP contribution in [-0.4, -0.2) is 6.54 Å². The van der Waals surface area contributed by atoms with Crippen LogP contribution in [0.1, 0.15) is 25.8 Å². The molecule has 0 heterocycles. The van der Waals surface area contributed by atoms with Gasteiger partial charge in [0.25, 0.3) is 0 Å². The average molecular weight is 274 g/mol. The largest absolute Gasteiger partial charge is 0.313 e. The van der Waals surface area contributed by atoms with Crippen LogP contribution in [0.2, 0.25) is 0 Å². The molecule has 0 aliphatic carbocycles. The molecule has 84 valence electrons. The molecular weight excluding hydrogens is 257 g/mol. The first kappa shape index (κ1) is 12.7. The van der Waals surface area contributed by atoms with Crippen molar-refractivity contribution in [2.75, 3.05) is 6.54 Å². The zero-order valence-corrected chi connectivity index (χ0v) is 10.8. The molecule has 3 heteroatoms. The summed E-state index contributed by atoms with van der Waals surface area (Å²) in [7, 11) is 0. The monoisotopic (exact) mass is 273 g/mol. The van der Waals surface area contributed by atoms with Gasteiger partial charge >= 0.3 is 0 Å². The third-order valence-corrected chi connectivity index (χ3v) is 2.72. The molecule has 1 N–H and O–H groups in total. The normalized spacial score (nSPS) is 11.0. The van der Waals surface area contributed by atoms with Crippen molar-refractivity contribution < 1.29 is 4.39 Å². The van der Waals surface area contributed by atoms with Gasteiger partial charge < -0.3 is 5.32 Å². The Morgan fingerprint density at radius 2 is 2.13 bits per heavy atom. The summed E-state index contributed by atoms with van der Waals surface area (Å²) in [6, 6.07) is 5.17. The maximum atomic E-state index is 13.4. The van der Waals surface area contributed by atoms with E-state index >= 15 is 0 Å². The van der Waals surface area contributed by atoms with Gasteiger partial charge in [-0.3, -0.25) is 0 Å². The Balaban J connectivity index is 2.37. The van der Waals surface area contributed by atoms with Gasteiger partial charge in [0.2, 0.25) is 0 Å². The van der Waals surface area contributed by atoms with E-state index in [0.29, 0.717) is 12.5 Å². The maximum absolute atomic E-state index is 13.4. The topological polar surface area (TPSA) is 12.0 Å². The van der Waals surface area contributed by atoms with Gasteiger partial charge in [0.1, 0.15) is 5.82 Å². The lowest BCUT2D eigenvalue weighted by molar-refractivity contribution is 0.527. The van der Waals surface area contributed by atoms with Crippen LogP contribution in [0.25, 0.3) is 0 Å².